The van der Waals surface area contributed by atoms with E-state index in [1.165, 1.54) is 0 Å². The molecule has 0 amide bonds. The Balaban J connectivity index is 2.44. The molecule has 0 spiro atoms. The molecule has 1 aliphatic carbocycles. The third kappa shape index (κ3) is 3.86. The Morgan fingerprint density at radius 3 is 2.41 bits per heavy atom. The summed E-state index contributed by atoms with van der Waals surface area (Å²) in [6.07, 6.45) is 5.27. The maximum atomic E-state index is 12.9. The average molecular weight is 369 g/mol. The molecule has 2 rings (SSSR count). The van der Waals surface area contributed by atoms with Crippen LogP contribution in [-0.2, 0) is 7.67 Å². The predicted molar refractivity (Wildman–Crippen MR) is 88.8 cm³/mol. The summed E-state index contributed by atoms with van der Waals surface area (Å²) in [5, 5.41) is 10.9. The second kappa shape index (κ2) is 6.27. The summed E-state index contributed by atoms with van der Waals surface area (Å²) >= 11 is -4.40. The molecule has 0 saturated carbocycles. The average Bonchev–Trinajstić information content (AvgIpc) is 2.44. The fraction of sp³-hybridized carbons (Fsp3) is 0.556. The van der Waals surface area contributed by atoms with E-state index in [1.54, 1.807) is 30.3 Å². The van der Waals surface area contributed by atoms with Crippen molar-refractivity contribution in [2.45, 2.75) is 58.5 Å². The summed E-state index contributed by atoms with van der Waals surface area (Å²) in [6, 6.07) is 8.60. The van der Waals surface area contributed by atoms with Gasteiger partial charge in [-0.3, -0.25) is 0 Å². The Morgan fingerprint density at radius 1 is 1.18 bits per heavy atom. The number of allylic oxidation sites excluding steroid dienone is 1. The van der Waals surface area contributed by atoms with Gasteiger partial charge in [0.05, 0.1) is 0 Å². The molecular formula is C18H26O3Se. The van der Waals surface area contributed by atoms with E-state index in [-0.39, 0.29) is 5.41 Å². The molecule has 1 aliphatic rings. The van der Waals surface area contributed by atoms with Gasteiger partial charge >= 0.3 is 135 Å². The number of hydrogen-bond acceptors (Lipinski definition) is 3. The molecule has 0 aliphatic heterocycles. The fourth-order valence-corrected chi connectivity index (χ4v) is 7.05. The SMILES string of the molecule is CCCCC1(O)C=C([Se](=O)(=O)c2ccccc2)CC(C)(C)C1. The Hall–Kier alpha value is -0.961. The third-order valence-corrected chi connectivity index (χ3v) is 8.10. The topological polar surface area (TPSA) is 54.4 Å². The summed E-state index contributed by atoms with van der Waals surface area (Å²) in [5.74, 6) is 0. The molecule has 1 aromatic rings. The van der Waals surface area contributed by atoms with E-state index in [2.05, 4.69) is 6.92 Å². The van der Waals surface area contributed by atoms with E-state index < -0.39 is 18.3 Å². The van der Waals surface area contributed by atoms with E-state index in [0.717, 1.165) is 12.8 Å². The van der Waals surface area contributed by atoms with Crippen LogP contribution in [0.1, 0.15) is 52.9 Å². The van der Waals surface area contributed by atoms with Gasteiger partial charge in [0.25, 0.3) is 0 Å². The zero-order valence-corrected chi connectivity index (χ0v) is 15.4. The Labute approximate surface area is 135 Å². The second-order valence-electron chi connectivity index (χ2n) is 7.15. The Morgan fingerprint density at radius 2 is 1.82 bits per heavy atom. The second-order valence-corrected chi connectivity index (χ2v) is 11.4. The standard InChI is InChI=1S/C18H26O3Se/c1-4-5-11-18(19)13-16(12-17(2,3)14-18)22(20,21)15-9-7-6-8-10-15/h6-10,13,19H,4-5,11-12,14H2,1-3H3. The van der Waals surface area contributed by atoms with Gasteiger partial charge in [-0.25, -0.2) is 0 Å². The molecule has 1 unspecified atom stereocenters. The van der Waals surface area contributed by atoms with Crippen LogP contribution in [0.2, 0.25) is 0 Å². The van der Waals surface area contributed by atoms with Crippen molar-refractivity contribution in [3.8, 4) is 0 Å². The van der Waals surface area contributed by atoms with Crippen LogP contribution in [0.5, 0.6) is 0 Å². The number of aliphatic hydroxyl groups is 1. The van der Waals surface area contributed by atoms with Gasteiger partial charge in [-0.2, -0.15) is 0 Å². The number of rotatable bonds is 5. The molecule has 0 saturated heterocycles. The first-order valence-corrected chi connectivity index (χ1v) is 11.0. The van der Waals surface area contributed by atoms with Crippen molar-refractivity contribution in [1.82, 2.24) is 0 Å². The molecule has 122 valence electrons. The summed E-state index contributed by atoms with van der Waals surface area (Å²) in [5.41, 5.74) is -1.21. The van der Waals surface area contributed by atoms with E-state index in [1.807, 2.05) is 19.9 Å². The van der Waals surface area contributed by atoms with E-state index in [0.29, 0.717) is 28.2 Å². The van der Waals surface area contributed by atoms with Gasteiger partial charge in [0.2, 0.25) is 0 Å². The van der Waals surface area contributed by atoms with Crippen molar-refractivity contribution < 1.29 is 12.8 Å². The molecule has 0 bridgehead atoms. The van der Waals surface area contributed by atoms with Crippen molar-refractivity contribution in [3.63, 3.8) is 0 Å². The molecule has 22 heavy (non-hydrogen) atoms. The molecule has 1 atom stereocenters. The van der Waals surface area contributed by atoms with Crippen LogP contribution in [-0.4, -0.2) is 23.4 Å². The summed E-state index contributed by atoms with van der Waals surface area (Å²) in [4.78, 5) is 0. The first kappa shape index (κ1) is 17.4. The van der Waals surface area contributed by atoms with E-state index >= 15 is 0 Å². The van der Waals surface area contributed by atoms with Gasteiger partial charge in [-0.05, 0) is 0 Å². The van der Waals surface area contributed by atoms with Crippen LogP contribution in [0.3, 0.4) is 0 Å². The minimum atomic E-state index is -4.40. The van der Waals surface area contributed by atoms with Crippen molar-refractivity contribution in [2.24, 2.45) is 5.41 Å². The van der Waals surface area contributed by atoms with Crippen molar-refractivity contribution in [1.29, 1.82) is 0 Å². The van der Waals surface area contributed by atoms with Gasteiger partial charge < -0.3 is 0 Å². The molecule has 1 N–H and O–H groups in total. The molecule has 3 nitrogen and oxygen atoms in total. The molecule has 4 heteroatoms. The minimum absolute atomic E-state index is 0.210. The van der Waals surface area contributed by atoms with Gasteiger partial charge in [-0.1, -0.05) is 0 Å². The Bertz CT molecular complexity index is 644. The molecule has 0 heterocycles. The van der Waals surface area contributed by atoms with E-state index in [4.69, 9.17) is 0 Å². The van der Waals surface area contributed by atoms with Crippen molar-refractivity contribution >= 4 is 17.2 Å². The van der Waals surface area contributed by atoms with Crippen molar-refractivity contribution in [3.05, 3.63) is 40.9 Å². The van der Waals surface area contributed by atoms with Crippen molar-refractivity contribution in [2.75, 3.05) is 0 Å². The van der Waals surface area contributed by atoms with Crippen LogP contribution >= 0.6 is 0 Å². The Kier molecular flexibility index (Phi) is 4.96. The third-order valence-electron chi connectivity index (χ3n) is 4.23. The summed E-state index contributed by atoms with van der Waals surface area (Å²) in [6.45, 7) is 6.15. The maximum absolute atomic E-state index is 12.9. The molecule has 0 radical (unpaired) electrons. The first-order valence-electron chi connectivity index (χ1n) is 7.93. The molecular weight excluding hydrogens is 343 g/mol. The van der Waals surface area contributed by atoms with Gasteiger partial charge in [0.1, 0.15) is 0 Å². The van der Waals surface area contributed by atoms with Crippen LogP contribution in [0, 0.1) is 5.41 Å². The quantitative estimate of drug-likeness (QED) is 0.810. The fourth-order valence-electron chi connectivity index (χ4n) is 3.33. The number of benzene rings is 1. The molecule has 0 aromatic heterocycles. The number of hydrogen-bond donors (Lipinski definition) is 1. The zero-order valence-electron chi connectivity index (χ0n) is 13.7. The van der Waals surface area contributed by atoms with Crippen LogP contribution < -0.4 is 4.46 Å². The predicted octanol–water partition coefficient (Wildman–Crippen LogP) is 3.40. The molecule has 0 fully saturated rings. The van der Waals surface area contributed by atoms with Gasteiger partial charge in [0, 0.05) is 0 Å². The van der Waals surface area contributed by atoms with Crippen LogP contribution in [0.25, 0.3) is 0 Å². The summed E-state index contributed by atoms with van der Waals surface area (Å²) < 4.78 is 26.7. The number of unbranched alkanes of at least 4 members (excludes halogenated alkanes) is 1. The van der Waals surface area contributed by atoms with Gasteiger partial charge in [0.15, 0.2) is 0 Å². The summed E-state index contributed by atoms with van der Waals surface area (Å²) in [7, 11) is 0. The van der Waals surface area contributed by atoms with Crippen LogP contribution in [0.15, 0.2) is 40.9 Å². The van der Waals surface area contributed by atoms with E-state index in [9.17, 15) is 12.8 Å². The molecule has 1 aromatic carbocycles. The van der Waals surface area contributed by atoms with Gasteiger partial charge in [-0.15, -0.1) is 0 Å². The normalized spacial score (nSPS) is 24.8. The van der Waals surface area contributed by atoms with Crippen LogP contribution in [0.4, 0.5) is 0 Å². The zero-order chi connectivity index (χ0) is 16.4. The monoisotopic (exact) mass is 370 g/mol. The first-order chi connectivity index (χ1) is 10.2.